The van der Waals surface area contributed by atoms with Crippen LogP contribution in [0.5, 0.6) is 0 Å². The third kappa shape index (κ3) is 3.30. The minimum atomic E-state index is -0.777. The minimum Gasteiger partial charge on any atom is -0.433 e. The summed E-state index contributed by atoms with van der Waals surface area (Å²) in [6, 6.07) is 16.2. The molecule has 0 radical (unpaired) electrons. The third-order valence-electron chi connectivity index (χ3n) is 4.87. The number of fused-ring (bicyclic) bond motifs is 3. The second kappa shape index (κ2) is 7.27. The van der Waals surface area contributed by atoms with Crippen LogP contribution in [0.1, 0.15) is 23.5 Å². The average Bonchev–Trinajstić information content (AvgIpc) is 3.14. The van der Waals surface area contributed by atoms with Gasteiger partial charge in [0.2, 0.25) is 0 Å². The zero-order valence-electron chi connectivity index (χ0n) is 14.0. The van der Waals surface area contributed by atoms with Gasteiger partial charge in [0.15, 0.2) is 0 Å². The van der Waals surface area contributed by atoms with E-state index in [1.807, 2.05) is 24.3 Å². The van der Waals surface area contributed by atoms with Gasteiger partial charge in [-0.25, -0.2) is 4.79 Å². The third-order valence-corrected chi connectivity index (χ3v) is 5.16. The highest BCUT2D eigenvalue weighted by molar-refractivity contribution is 6.19. The van der Waals surface area contributed by atoms with Gasteiger partial charge in [-0.1, -0.05) is 60.1 Å². The van der Waals surface area contributed by atoms with Gasteiger partial charge in [-0.3, -0.25) is 0 Å². The molecule has 1 heterocycles. The van der Waals surface area contributed by atoms with E-state index in [0.717, 1.165) is 11.1 Å². The SMILES string of the molecule is O=C(OCC1c2ccccc2-c2ccccc21)OCC1OC(Cl)CC1O. The number of alkyl halides is 1. The smallest absolute Gasteiger partial charge is 0.433 e. The Bertz CT molecular complexity index is 763. The second-order valence-corrected chi connectivity index (χ2v) is 6.97. The Morgan fingerprint density at radius 2 is 1.62 bits per heavy atom. The van der Waals surface area contributed by atoms with Crippen LogP contribution in [0.4, 0.5) is 4.79 Å². The number of benzene rings is 2. The molecule has 2 aromatic rings. The van der Waals surface area contributed by atoms with Crippen LogP contribution in [0.3, 0.4) is 0 Å². The molecule has 3 unspecified atom stereocenters. The first kappa shape index (κ1) is 17.3. The number of aliphatic hydroxyl groups is 1. The summed E-state index contributed by atoms with van der Waals surface area (Å²) in [5.74, 6) is -0.0181. The van der Waals surface area contributed by atoms with Crippen LogP contribution in [-0.4, -0.2) is 42.2 Å². The Hall–Kier alpha value is -2.08. The predicted molar refractivity (Wildman–Crippen MR) is 96.2 cm³/mol. The van der Waals surface area contributed by atoms with Crippen molar-refractivity contribution in [2.45, 2.75) is 30.1 Å². The first-order valence-corrected chi connectivity index (χ1v) is 9.02. The Morgan fingerprint density at radius 3 is 2.19 bits per heavy atom. The van der Waals surface area contributed by atoms with Crippen molar-refractivity contribution in [2.75, 3.05) is 13.2 Å². The number of carbonyl (C=O) groups excluding carboxylic acids is 1. The van der Waals surface area contributed by atoms with E-state index in [9.17, 15) is 9.90 Å². The number of halogens is 1. The van der Waals surface area contributed by atoms with E-state index in [2.05, 4.69) is 24.3 Å². The largest absolute Gasteiger partial charge is 0.508 e. The summed E-state index contributed by atoms with van der Waals surface area (Å²) in [5.41, 5.74) is 4.06. The molecule has 26 heavy (non-hydrogen) atoms. The molecule has 1 saturated heterocycles. The summed E-state index contributed by atoms with van der Waals surface area (Å²) >= 11 is 5.81. The summed E-state index contributed by atoms with van der Waals surface area (Å²) in [4.78, 5) is 12.0. The Labute approximate surface area is 156 Å². The molecule has 5 nitrogen and oxygen atoms in total. The van der Waals surface area contributed by atoms with Gasteiger partial charge in [-0.15, -0.1) is 0 Å². The fourth-order valence-corrected chi connectivity index (χ4v) is 3.93. The summed E-state index contributed by atoms with van der Waals surface area (Å²) < 4.78 is 15.7. The summed E-state index contributed by atoms with van der Waals surface area (Å²) in [6.45, 7) is 0.111. The first-order valence-electron chi connectivity index (χ1n) is 8.59. The molecular weight excluding hydrogens is 356 g/mol. The summed E-state index contributed by atoms with van der Waals surface area (Å²) in [6.07, 6.45) is -1.81. The molecule has 0 bridgehead atoms. The van der Waals surface area contributed by atoms with E-state index in [1.54, 1.807) is 0 Å². The molecule has 1 aliphatic heterocycles. The van der Waals surface area contributed by atoms with E-state index in [1.165, 1.54) is 11.1 Å². The van der Waals surface area contributed by atoms with Crippen LogP contribution in [0, 0.1) is 0 Å². The number of hydrogen-bond donors (Lipinski definition) is 1. The van der Waals surface area contributed by atoms with Gasteiger partial charge >= 0.3 is 6.16 Å². The van der Waals surface area contributed by atoms with Crippen LogP contribution in [0.15, 0.2) is 48.5 Å². The molecule has 136 valence electrons. The highest BCUT2D eigenvalue weighted by atomic mass is 35.5. The van der Waals surface area contributed by atoms with Gasteiger partial charge in [0.05, 0.1) is 6.10 Å². The van der Waals surface area contributed by atoms with Crippen molar-refractivity contribution in [3.05, 3.63) is 59.7 Å². The van der Waals surface area contributed by atoms with Gasteiger partial charge in [-0.05, 0) is 22.3 Å². The maximum absolute atomic E-state index is 12.0. The topological polar surface area (TPSA) is 65.0 Å². The zero-order valence-corrected chi connectivity index (χ0v) is 14.8. The maximum Gasteiger partial charge on any atom is 0.508 e. The minimum absolute atomic E-state index is 0.0181. The molecule has 4 rings (SSSR count). The zero-order chi connectivity index (χ0) is 18.1. The lowest BCUT2D eigenvalue weighted by atomic mass is 9.98. The molecule has 0 amide bonds. The van der Waals surface area contributed by atoms with Gasteiger partial charge in [0.1, 0.15) is 24.9 Å². The Kier molecular flexibility index (Phi) is 4.85. The maximum atomic E-state index is 12.0. The molecule has 0 saturated carbocycles. The number of aliphatic hydroxyl groups excluding tert-OH is 1. The fourth-order valence-electron chi connectivity index (χ4n) is 3.61. The predicted octanol–water partition coefficient (Wildman–Crippen LogP) is 3.67. The van der Waals surface area contributed by atoms with E-state index in [-0.39, 0.29) is 19.1 Å². The quantitative estimate of drug-likeness (QED) is 0.653. The second-order valence-electron chi connectivity index (χ2n) is 6.49. The van der Waals surface area contributed by atoms with Crippen molar-refractivity contribution in [3.8, 4) is 11.1 Å². The first-order chi connectivity index (χ1) is 12.6. The molecule has 1 aliphatic carbocycles. The van der Waals surface area contributed by atoms with Crippen LogP contribution in [0.2, 0.25) is 0 Å². The monoisotopic (exact) mass is 374 g/mol. The van der Waals surface area contributed by atoms with Crippen LogP contribution < -0.4 is 0 Å². The Morgan fingerprint density at radius 1 is 1.04 bits per heavy atom. The highest BCUT2D eigenvalue weighted by Crippen LogP contribution is 2.44. The number of ether oxygens (including phenoxy) is 3. The lowest BCUT2D eigenvalue weighted by Gasteiger charge is -2.16. The van der Waals surface area contributed by atoms with Crippen molar-refractivity contribution in [2.24, 2.45) is 0 Å². The normalized spacial score (nSPS) is 24.2. The van der Waals surface area contributed by atoms with Gasteiger partial charge in [0, 0.05) is 12.3 Å². The molecule has 2 aromatic carbocycles. The lowest BCUT2D eigenvalue weighted by Crippen LogP contribution is -2.28. The molecule has 1 N–H and O–H groups in total. The molecular formula is C20H19ClO5. The fraction of sp³-hybridized carbons (Fsp3) is 0.350. The van der Waals surface area contributed by atoms with E-state index in [0.29, 0.717) is 6.42 Å². The van der Waals surface area contributed by atoms with E-state index >= 15 is 0 Å². The van der Waals surface area contributed by atoms with Gasteiger partial charge < -0.3 is 19.3 Å². The molecule has 1 fully saturated rings. The molecule has 0 spiro atoms. The van der Waals surface area contributed by atoms with Crippen LogP contribution >= 0.6 is 11.6 Å². The Balaban J connectivity index is 1.38. The summed E-state index contributed by atoms with van der Waals surface area (Å²) in [5, 5.41) is 9.75. The highest BCUT2D eigenvalue weighted by Gasteiger charge is 2.34. The van der Waals surface area contributed by atoms with E-state index < -0.39 is 23.9 Å². The van der Waals surface area contributed by atoms with Crippen LogP contribution in [-0.2, 0) is 14.2 Å². The summed E-state index contributed by atoms with van der Waals surface area (Å²) in [7, 11) is 0. The molecule has 3 atom stereocenters. The number of hydrogen-bond acceptors (Lipinski definition) is 5. The number of carbonyl (C=O) groups is 1. The van der Waals surface area contributed by atoms with Crippen molar-refractivity contribution >= 4 is 17.8 Å². The average molecular weight is 375 g/mol. The lowest BCUT2D eigenvalue weighted by molar-refractivity contribution is -0.0283. The van der Waals surface area contributed by atoms with E-state index in [4.69, 9.17) is 25.8 Å². The molecule has 0 aromatic heterocycles. The van der Waals surface area contributed by atoms with Crippen molar-refractivity contribution in [1.82, 2.24) is 0 Å². The molecule has 6 heteroatoms. The van der Waals surface area contributed by atoms with Crippen molar-refractivity contribution in [1.29, 1.82) is 0 Å². The van der Waals surface area contributed by atoms with Crippen molar-refractivity contribution < 1.29 is 24.1 Å². The van der Waals surface area contributed by atoms with Gasteiger partial charge in [0.25, 0.3) is 0 Å². The van der Waals surface area contributed by atoms with Gasteiger partial charge in [-0.2, -0.15) is 0 Å². The standard InChI is InChI=1S/C20H19ClO5/c21-19-9-17(22)18(26-19)11-25-20(23)24-10-16-14-7-3-1-5-12(14)13-6-2-4-8-15(13)16/h1-8,16-19,22H,9-11H2. The molecule has 2 aliphatic rings. The van der Waals surface area contributed by atoms with Crippen LogP contribution in [0.25, 0.3) is 11.1 Å². The number of rotatable bonds is 4. The van der Waals surface area contributed by atoms with Crippen molar-refractivity contribution in [3.63, 3.8) is 0 Å².